The Morgan fingerprint density at radius 1 is 0.912 bits per heavy atom. The number of hydrogen-bond acceptors (Lipinski definition) is 5. The van der Waals surface area contributed by atoms with Crippen LogP contribution in [0, 0.1) is 0 Å². The first kappa shape index (κ1) is 21.3. The Labute approximate surface area is 196 Å². The summed E-state index contributed by atoms with van der Waals surface area (Å²) in [6, 6.07) is 24.2. The fraction of sp³-hybridized carbons (Fsp3) is 0.115. The molecule has 0 aliphatic carbocycles. The molecule has 5 rings (SSSR count). The maximum atomic E-state index is 13.2. The van der Waals surface area contributed by atoms with Crippen molar-refractivity contribution in [2.24, 2.45) is 0 Å². The molecule has 0 aliphatic rings. The number of imidazole rings is 1. The zero-order valence-corrected chi connectivity index (χ0v) is 18.7. The van der Waals surface area contributed by atoms with Gasteiger partial charge in [0.15, 0.2) is 11.5 Å². The van der Waals surface area contributed by atoms with Gasteiger partial charge in [-0.05, 0) is 42.0 Å². The summed E-state index contributed by atoms with van der Waals surface area (Å²) in [5, 5.41) is 10.2. The Hall–Kier alpha value is -4.59. The van der Waals surface area contributed by atoms with E-state index >= 15 is 0 Å². The topological polar surface area (TPSA) is 105 Å². The van der Waals surface area contributed by atoms with E-state index in [4.69, 9.17) is 14.5 Å². The Morgan fingerprint density at radius 2 is 1.68 bits per heavy atom. The number of para-hydroxylation sites is 2. The number of H-pyrrole nitrogens is 2. The summed E-state index contributed by atoms with van der Waals surface area (Å²) < 4.78 is 10.7. The van der Waals surface area contributed by atoms with E-state index in [0.717, 1.165) is 22.2 Å². The zero-order valence-electron chi connectivity index (χ0n) is 18.7. The average molecular weight is 454 g/mol. The Balaban J connectivity index is 1.44. The molecular formula is C26H23N5O3. The van der Waals surface area contributed by atoms with E-state index < -0.39 is 6.04 Å². The van der Waals surface area contributed by atoms with Crippen LogP contribution in [-0.2, 0) is 0 Å². The van der Waals surface area contributed by atoms with Gasteiger partial charge in [-0.15, -0.1) is 0 Å². The third-order valence-electron chi connectivity index (χ3n) is 5.59. The first-order valence-electron chi connectivity index (χ1n) is 10.7. The van der Waals surface area contributed by atoms with Crippen molar-refractivity contribution in [3.05, 3.63) is 95.9 Å². The van der Waals surface area contributed by atoms with Crippen LogP contribution in [0.3, 0.4) is 0 Å². The van der Waals surface area contributed by atoms with Crippen LogP contribution in [0.4, 0.5) is 0 Å². The first-order valence-corrected chi connectivity index (χ1v) is 10.7. The number of hydrogen-bond donors (Lipinski definition) is 3. The van der Waals surface area contributed by atoms with Crippen molar-refractivity contribution in [3.8, 4) is 22.8 Å². The van der Waals surface area contributed by atoms with Crippen LogP contribution in [0.2, 0.25) is 0 Å². The Bertz CT molecular complexity index is 1410. The van der Waals surface area contributed by atoms with Gasteiger partial charge in [0, 0.05) is 5.56 Å². The lowest BCUT2D eigenvalue weighted by atomic mass is 10.1. The van der Waals surface area contributed by atoms with Crippen molar-refractivity contribution in [1.29, 1.82) is 0 Å². The summed E-state index contributed by atoms with van der Waals surface area (Å²) in [4.78, 5) is 21.2. The average Bonchev–Trinajstić information content (AvgIpc) is 3.55. The third-order valence-corrected chi connectivity index (χ3v) is 5.59. The second-order valence-electron chi connectivity index (χ2n) is 7.69. The van der Waals surface area contributed by atoms with Crippen LogP contribution < -0.4 is 14.8 Å². The zero-order chi connectivity index (χ0) is 23.5. The number of carbonyl (C=O) groups is 1. The van der Waals surface area contributed by atoms with Crippen LogP contribution in [0.25, 0.3) is 22.3 Å². The summed E-state index contributed by atoms with van der Waals surface area (Å²) in [5.74, 6) is 1.56. The molecule has 3 N–H and O–H groups in total. The molecule has 0 saturated carbocycles. The van der Waals surface area contributed by atoms with Gasteiger partial charge in [0.05, 0.1) is 30.9 Å². The molecule has 3 aromatic carbocycles. The number of methoxy groups -OCH3 is 2. The summed E-state index contributed by atoms with van der Waals surface area (Å²) in [6.07, 6.45) is 0. The van der Waals surface area contributed by atoms with Gasteiger partial charge in [0.2, 0.25) is 0 Å². The van der Waals surface area contributed by atoms with Gasteiger partial charge in [0.25, 0.3) is 5.91 Å². The third kappa shape index (κ3) is 4.09. The van der Waals surface area contributed by atoms with Crippen molar-refractivity contribution >= 4 is 16.9 Å². The highest BCUT2D eigenvalue weighted by Crippen LogP contribution is 2.32. The Kier molecular flexibility index (Phi) is 5.70. The van der Waals surface area contributed by atoms with E-state index in [2.05, 4.69) is 20.5 Å². The molecule has 0 unspecified atom stereocenters. The predicted octanol–water partition coefficient (Wildman–Crippen LogP) is 4.49. The van der Waals surface area contributed by atoms with Gasteiger partial charge in [0.1, 0.15) is 17.6 Å². The molecule has 8 nitrogen and oxygen atoms in total. The van der Waals surface area contributed by atoms with E-state index in [1.54, 1.807) is 26.4 Å². The monoisotopic (exact) mass is 453 g/mol. The lowest BCUT2D eigenvalue weighted by Gasteiger charge is -2.16. The van der Waals surface area contributed by atoms with Crippen LogP contribution in [0.15, 0.2) is 78.9 Å². The van der Waals surface area contributed by atoms with E-state index in [9.17, 15) is 4.79 Å². The van der Waals surface area contributed by atoms with Crippen molar-refractivity contribution in [3.63, 3.8) is 0 Å². The predicted molar refractivity (Wildman–Crippen MR) is 129 cm³/mol. The highest BCUT2D eigenvalue weighted by atomic mass is 16.5. The number of carbonyl (C=O) groups excluding carboxylic acids is 1. The fourth-order valence-corrected chi connectivity index (χ4v) is 3.85. The highest BCUT2D eigenvalue weighted by Gasteiger charge is 2.22. The summed E-state index contributed by atoms with van der Waals surface area (Å²) >= 11 is 0. The lowest BCUT2D eigenvalue weighted by Crippen LogP contribution is -2.30. The summed E-state index contributed by atoms with van der Waals surface area (Å²) in [6.45, 7) is 0. The van der Waals surface area contributed by atoms with Crippen LogP contribution >= 0.6 is 0 Å². The minimum atomic E-state index is -0.464. The number of amides is 1. The molecule has 0 fully saturated rings. The molecule has 0 radical (unpaired) electrons. The highest BCUT2D eigenvalue weighted by molar-refractivity contribution is 5.94. The number of aromatic nitrogens is 4. The van der Waals surface area contributed by atoms with Gasteiger partial charge in [-0.2, -0.15) is 5.10 Å². The first-order chi connectivity index (χ1) is 16.7. The smallest absolute Gasteiger partial charge is 0.270 e. The lowest BCUT2D eigenvalue weighted by molar-refractivity contribution is 0.0936. The number of rotatable bonds is 7. The maximum Gasteiger partial charge on any atom is 0.270 e. The van der Waals surface area contributed by atoms with Crippen LogP contribution in [-0.4, -0.2) is 40.3 Å². The van der Waals surface area contributed by atoms with Crippen LogP contribution in [0.1, 0.15) is 27.9 Å². The van der Waals surface area contributed by atoms with Crippen molar-refractivity contribution < 1.29 is 14.3 Å². The largest absolute Gasteiger partial charge is 0.493 e. The molecule has 0 saturated heterocycles. The van der Waals surface area contributed by atoms with E-state index in [0.29, 0.717) is 28.7 Å². The molecule has 34 heavy (non-hydrogen) atoms. The van der Waals surface area contributed by atoms with Crippen LogP contribution in [0.5, 0.6) is 11.5 Å². The van der Waals surface area contributed by atoms with Gasteiger partial charge in [-0.25, -0.2) is 4.98 Å². The van der Waals surface area contributed by atoms with Crippen molar-refractivity contribution in [2.45, 2.75) is 6.04 Å². The second kappa shape index (κ2) is 9.11. The maximum absolute atomic E-state index is 13.2. The molecule has 0 aliphatic heterocycles. The second-order valence-corrected chi connectivity index (χ2v) is 7.69. The van der Waals surface area contributed by atoms with Gasteiger partial charge < -0.3 is 19.8 Å². The van der Waals surface area contributed by atoms with E-state index in [1.165, 1.54) is 0 Å². The number of benzene rings is 3. The minimum absolute atomic E-state index is 0.298. The molecule has 1 atom stereocenters. The summed E-state index contributed by atoms with van der Waals surface area (Å²) in [5.41, 5.74) is 4.40. The number of aromatic amines is 2. The van der Waals surface area contributed by atoms with Crippen molar-refractivity contribution in [2.75, 3.05) is 14.2 Å². The number of nitrogens with zero attached hydrogens (tertiary/aromatic N) is 2. The molecule has 2 aromatic heterocycles. The van der Waals surface area contributed by atoms with E-state index in [-0.39, 0.29) is 5.91 Å². The molecule has 5 aromatic rings. The number of nitrogens with one attached hydrogen (secondary N) is 3. The number of ether oxygens (including phenoxy) is 2. The van der Waals surface area contributed by atoms with E-state index in [1.807, 2.05) is 66.7 Å². The van der Waals surface area contributed by atoms with Gasteiger partial charge >= 0.3 is 0 Å². The Morgan fingerprint density at radius 3 is 2.44 bits per heavy atom. The quantitative estimate of drug-likeness (QED) is 0.337. The minimum Gasteiger partial charge on any atom is -0.493 e. The molecular weight excluding hydrogens is 430 g/mol. The number of fused-ring (bicyclic) bond motifs is 1. The molecule has 8 heteroatoms. The SMILES string of the molecule is COc1ccc(-c2cc(C(=O)N[C@H](c3ccccc3)c3nc4ccccc4[nH]3)[nH]n2)cc1OC. The van der Waals surface area contributed by atoms with Gasteiger partial charge in [-0.1, -0.05) is 42.5 Å². The molecule has 1 amide bonds. The molecule has 0 bridgehead atoms. The molecule has 2 heterocycles. The van der Waals surface area contributed by atoms with Crippen molar-refractivity contribution in [1.82, 2.24) is 25.5 Å². The summed E-state index contributed by atoms with van der Waals surface area (Å²) in [7, 11) is 3.16. The fourth-order valence-electron chi connectivity index (χ4n) is 3.85. The van der Waals surface area contributed by atoms with Gasteiger partial charge in [-0.3, -0.25) is 9.89 Å². The molecule has 170 valence electrons. The molecule has 0 spiro atoms. The normalized spacial score (nSPS) is 11.8. The standard InChI is InChI=1S/C26H23N5O3/c1-33-22-13-12-17(14-23(22)34-2)20-15-21(31-30-20)26(32)29-24(16-8-4-3-5-9-16)25-27-18-10-6-7-11-19(18)28-25/h3-15,24H,1-2H3,(H,27,28)(H,29,32)(H,30,31)/t24-/m1/s1.